The van der Waals surface area contributed by atoms with Crippen molar-refractivity contribution in [2.75, 3.05) is 13.2 Å². The first-order valence-electron chi connectivity index (χ1n) is 13.3. The van der Waals surface area contributed by atoms with Crippen molar-refractivity contribution >= 4 is 27.5 Å². The first kappa shape index (κ1) is 29.5. The minimum Gasteiger partial charge on any atom is -0.411 e. The summed E-state index contributed by atoms with van der Waals surface area (Å²) in [6.07, 6.45) is 2.04. The third-order valence-electron chi connectivity index (χ3n) is 8.50. The van der Waals surface area contributed by atoms with Crippen LogP contribution < -0.4 is 0 Å². The van der Waals surface area contributed by atoms with Crippen LogP contribution in [0.4, 0.5) is 0 Å². The van der Waals surface area contributed by atoms with E-state index in [1.807, 2.05) is 6.07 Å². The number of hydrogen-bond donors (Lipinski definition) is 2. The maximum Gasteiger partial charge on any atom is 0.192 e. The lowest BCUT2D eigenvalue weighted by Crippen LogP contribution is -2.58. The van der Waals surface area contributed by atoms with Gasteiger partial charge in [0.15, 0.2) is 22.9 Å². The van der Waals surface area contributed by atoms with Gasteiger partial charge in [-0.05, 0) is 54.3 Å². The molecule has 2 aromatic rings. The number of H-pyrrole nitrogens is 1. The molecule has 3 rings (SSSR count). The van der Waals surface area contributed by atoms with Crippen molar-refractivity contribution in [1.29, 1.82) is 0 Å². The maximum absolute atomic E-state index is 10.2. The SMILES string of the molecule is CC(C)(C)[Si](C)(C)O[C@H]1C[C@@H](O[Si](C)(C)C(C)(C)C)[C@H](OCCc2c[nH]c3ccccc23)O[C@@H]1CO. The fraction of sp³-hybridized carbons (Fsp3) is 0.714. The van der Waals surface area contributed by atoms with E-state index in [1.54, 1.807) is 0 Å². The quantitative estimate of drug-likeness (QED) is 0.353. The van der Waals surface area contributed by atoms with Gasteiger partial charge in [-0.2, -0.15) is 0 Å². The van der Waals surface area contributed by atoms with Gasteiger partial charge in [0.05, 0.1) is 25.4 Å². The van der Waals surface area contributed by atoms with Crippen LogP contribution in [0.25, 0.3) is 10.9 Å². The molecule has 1 aromatic carbocycles. The Balaban J connectivity index is 1.77. The molecule has 0 spiro atoms. The molecule has 1 fully saturated rings. The molecule has 4 atom stereocenters. The standard InChI is InChI=1S/C28H49NO5Si2/c1-27(2,3)35(7,8)33-23-17-24(34-36(9,10)28(4,5)6)26(32-25(23)19-30)31-16-15-20-18-29-22-14-12-11-13-21(20)22/h11-14,18,23-26,29-30H,15-17,19H2,1-10H3/t23-,24+,25+,26+/m0/s1. The first-order chi connectivity index (χ1) is 16.6. The van der Waals surface area contributed by atoms with Crippen LogP contribution in [0.1, 0.15) is 53.5 Å². The number of ether oxygens (including phenoxy) is 2. The average Bonchev–Trinajstić information content (AvgIpc) is 3.16. The summed E-state index contributed by atoms with van der Waals surface area (Å²) in [6, 6.07) is 8.31. The highest BCUT2D eigenvalue weighted by atomic mass is 28.4. The van der Waals surface area contributed by atoms with Crippen LogP contribution in [-0.4, -0.2) is 64.5 Å². The summed E-state index contributed by atoms with van der Waals surface area (Å²) in [5.41, 5.74) is 2.35. The lowest BCUT2D eigenvalue weighted by atomic mass is 10.0. The van der Waals surface area contributed by atoms with Gasteiger partial charge in [-0.3, -0.25) is 0 Å². The zero-order valence-corrected chi connectivity index (χ0v) is 26.1. The van der Waals surface area contributed by atoms with E-state index in [0.29, 0.717) is 13.0 Å². The number of para-hydroxylation sites is 1. The van der Waals surface area contributed by atoms with Gasteiger partial charge in [-0.15, -0.1) is 0 Å². The van der Waals surface area contributed by atoms with Gasteiger partial charge in [0.1, 0.15) is 6.10 Å². The number of aromatic nitrogens is 1. The lowest BCUT2D eigenvalue weighted by Gasteiger charge is -2.48. The fourth-order valence-electron chi connectivity index (χ4n) is 4.11. The summed E-state index contributed by atoms with van der Waals surface area (Å²) in [7, 11) is -4.16. The van der Waals surface area contributed by atoms with Crippen LogP contribution in [0.3, 0.4) is 0 Å². The van der Waals surface area contributed by atoms with E-state index in [1.165, 1.54) is 10.9 Å². The van der Waals surface area contributed by atoms with E-state index in [0.717, 1.165) is 11.9 Å². The molecular formula is C28H49NO5Si2. The van der Waals surface area contributed by atoms with Crippen LogP contribution >= 0.6 is 0 Å². The van der Waals surface area contributed by atoms with Crippen LogP contribution in [0.2, 0.25) is 36.3 Å². The Labute approximate surface area is 220 Å². The van der Waals surface area contributed by atoms with Crippen molar-refractivity contribution in [2.24, 2.45) is 0 Å². The number of nitrogens with one attached hydrogen (secondary N) is 1. The molecule has 1 aliphatic rings. The topological polar surface area (TPSA) is 72.9 Å². The molecule has 1 saturated heterocycles. The minimum atomic E-state index is -2.09. The average molecular weight is 536 g/mol. The molecule has 0 radical (unpaired) electrons. The largest absolute Gasteiger partial charge is 0.411 e. The monoisotopic (exact) mass is 535 g/mol. The molecule has 204 valence electrons. The number of rotatable bonds is 9. The molecule has 0 unspecified atom stereocenters. The van der Waals surface area contributed by atoms with Crippen molar-refractivity contribution in [3.63, 3.8) is 0 Å². The fourth-order valence-corrected chi connectivity index (χ4v) is 6.78. The Bertz CT molecular complexity index is 992. The summed E-state index contributed by atoms with van der Waals surface area (Å²) < 4.78 is 26.4. The van der Waals surface area contributed by atoms with Gasteiger partial charge in [-0.1, -0.05) is 59.7 Å². The van der Waals surface area contributed by atoms with Gasteiger partial charge in [0.2, 0.25) is 0 Å². The molecule has 1 aliphatic heterocycles. The van der Waals surface area contributed by atoms with Crippen molar-refractivity contribution in [2.45, 2.75) is 115 Å². The van der Waals surface area contributed by atoms with E-state index in [4.69, 9.17) is 18.3 Å². The number of benzene rings is 1. The molecular weight excluding hydrogens is 486 g/mol. The van der Waals surface area contributed by atoms with Gasteiger partial charge < -0.3 is 28.4 Å². The molecule has 0 bridgehead atoms. The number of aliphatic hydroxyl groups is 1. The molecule has 6 nitrogen and oxygen atoms in total. The number of hydrogen-bond acceptors (Lipinski definition) is 5. The second kappa shape index (κ2) is 11.0. The highest BCUT2D eigenvalue weighted by Crippen LogP contribution is 2.42. The highest BCUT2D eigenvalue weighted by molar-refractivity contribution is 6.74. The first-order valence-corrected chi connectivity index (χ1v) is 19.2. The van der Waals surface area contributed by atoms with Gasteiger partial charge >= 0.3 is 0 Å². The predicted molar refractivity (Wildman–Crippen MR) is 152 cm³/mol. The molecule has 2 N–H and O–H groups in total. The zero-order chi connectivity index (χ0) is 26.9. The second-order valence-electron chi connectivity index (χ2n) is 13.3. The third kappa shape index (κ3) is 6.70. The zero-order valence-electron chi connectivity index (χ0n) is 24.1. The van der Waals surface area contributed by atoms with Gasteiger partial charge in [0, 0.05) is 23.5 Å². The highest BCUT2D eigenvalue weighted by Gasteiger charge is 2.48. The lowest BCUT2D eigenvalue weighted by molar-refractivity contribution is -0.264. The Morgan fingerprint density at radius 2 is 1.53 bits per heavy atom. The Morgan fingerprint density at radius 1 is 0.944 bits per heavy atom. The maximum atomic E-state index is 10.2. The van der Waals surface area contributed by atoms with Gasteiger partial charge in [-0.25, -0.2) is 0 Å². The predicted octanol–water partition coefficient (Wildman–Crippen LogP) is 6.62. The molecule has 0 amide bonds. The molecule has 8 heteroatoms. The van der Waals surface area contributed by atoms with E-state index in [2.05, 4.69) is 97.1 Å². The summed E-state index contributed by atoms with van der Waals surface area (Å²) in [6.45, 7) is 22.9. The Kier molecular flexibility index (Phi) is 9.03. The summed E-state index contributed by atoms with van der Waals surface area (Å²) in [5, 5.41) is 11.6. The minimum absolute atomic E-state index is 0.0607. The molecule has 0 aliphatic carbocycles. The van der Waals surface area contributed by atoms with Crippen molar-refractivity contribution in [3.8, 4) is 0 Å². The van der Waals surface area contributed by atoms with E-state index < -0.39 is 29.0 Å². The van der Waals surface area contributed by atoms with Crippen LogP contribution in [0, 0.1) is 0 Å². The van der Waals surface area contributed by atoms with Gasteiger partial charge in [0.25, 0.3) is 0 Å². The number of aromatic amines is 1. The summed E-state index contributed by atoms with van der Waals surface area (Å²) in [4.78, 5) is 3.34. The van der Waals surface area contributed by atoms with Crippen molar-refractivity contribution in [3.05, 3.63) is 36.0 Å². The van der Waals surface area contributed by atoms with Crippen LogP contribution in [0.15, 0.2) is 30.5 Å². The van der Waals surface area contributed by atoms with Crippen LogP contribution in [-0.2, 0) is 24.7 Å². The van der Waals surface area contributed by atoms with E-state index in [-0.39, 0.29) is 28.9 Å². The summed E-state index contributed by atoms with van der Waals surface area (Å²) in [5.74, 6) is 0. The van der Waals surface area contributed by atoms with E-state index >= 15 is 0 Å². The Morgan fingerprint density at radius 3 is 2.11 bits per heavy atom. The molecule has 2 heterocycles. The number of aliphatic hydroxyl groups excluding tert-OH is 1. The number of fused-ring (bicyclic) bond motifs is 1. The van der Waals surface area contributed by atoms with Crippen molar-refractivity contribution < 1.29 is 23.4 Å². The van der Waals surface area contributed by atoms with Crippen molar-refractivity contribution in [1.82, 2.24) is 4.98 Å². The third-order valence-corrected chi connectivity index (χ3v) is 17.5. The summed E-state index contributed by atoms with van der Waals surface area (Å²) >= 11 is 0. The Hall–Kier alpha value is -1.01. The smallest absolute Gasteiger partial charge is 0.192 e. The molecule has 0 saturated carbocycles. The second-order valence-corrected chi connectivity index (χ2v) is 22.8. The molecule has 36 heavy (non-hydrogen) atoms. The normalized spacial score (nSPS) is 24.4. The van der Waals surface area contributed by atoms with E-state index in [9.17, 15) is 5.11 Å². The van der Waals surface area contributed by atoms with Crippen LogP contribution in [0.5, 0.6) is 0 Å². The molecule has 1 aromatic heterocycles.